The van der Waals surface area contributed by atoms with Gasteiger partial charge < -0.3 is 9.47 Å². The van der Waals surface area contributed by atoms with E-state index in [1.165, 1.54) is 0 Å². The molecule has 2 rings (SSSR count). The van der Waals surface area contributed by atoms with Gasteiger partial charge in [-0.05, 0) is 34.9 Å². The van der Waals surface area contributed by atoms with Gasteiger partial charge in [0.25, 0.3) is 0 Å². The van der Waals surface area contributed by atoms with Gasteiger partial charge in [-0.25, -0.2) is 4.98 Å². The Morgan fingerprint density at radius 1 is 1.04 bits per heavy atom. The van der Waals surface area contributed by atoms with Gasteiger partial charge in [-0.1, -0.05) is 45.3 Å². The standard InChI is InChI=1S/C17H17BrN4O2/c18-16-6-3-14(4-7-16)1-2-15-5-8-17(20-13-15)24-12-11-23-10-9-21-22-19/h1-8,13H,9-12H2/b2-1+. The molecule has 124 valence electrons. The fraction of sp³-hybridized carbons (Fsp3) is 0.235. The second kappa shape index (κ2) is 10.4. The highest BCUT2D eigenvalue weighted by Gasteiger charge is 1.96. The predicted molar refractivity (Wildman–Crippen MR) is 97.6 cm³/mol. The summed E-state index contributed by atoms with van der Waals surface area (Å²) in [7, 11) is 0. The van der Waals surface area contributed by atoms with Crippen molar-refractivity contribution in [3.63, 3.8) is 0 Å². The number of rotatable bonds is 9. The average molecular weight is 389 g/mol. The van der Waals surface area contributed by atoms with Gasteiger partial charge in [0.2, 0.25) is 5.88 Å². The molecule has 0 spiro atoms. The van der Waals surface area contributed by atoms with Crippen molar-refractivity contribution in [1.29, 1.82) is 0 Å². The maximum Gasteiger partial charge on any atom is 0.213 e. The SMILES string of the molecule is [N-]=[N+]=NCCOCCOc1ccc(/C=C/c2ccc(Br)cc2)cn1. The summed E-state index contributed by atoms with van der Waals surface area (Å²) in [6.45, 7) is 1.54. The molecule has 0 bridgehead atoms. The van der Waals surface area contributed by atoms with Crippen LogP contribution >= 0.6 is 15.9 Å². The van der Waals surface area contributed by atoms with Crippen molar-refractivity contribution in [2.45, 2.75) is 0 Å². The number of aromatic nitrogens is 1. The Balaban J connectivity index is 1.74. The molecule has 0 fully saturated rings. The molecule has 24 heavy (non-hydrogen) atoms. The number of hydrogen-bond acceptors (Lipinski definition) is 4. The molecule has 7 heteroatoms. The maximum absolute atomic E-state index is 8.12. The quantitative estimate of drug-likeness (QED) is 0.269. The Morgan fingerprint density at radius 2 is 1.79 bits per heavy atom. The lowest BCUT2D eigenvalue weighted by Gasteiger charge is -2.05. The van der Waals surface area contributed by atoms with Crippen LogP contribution in [0.3, 0.4) is 0 Å². The number of pyridine rings is 1. The number of azide groups is 1. The minimum absolute atomic E-state index is 0.328. The van der Waals surface area contributed by atoms with Crippen LogP contribution in [0, 0.1) is 0 Å². The Labute approximate surface area is 148 Å². The van der Waals surface area contributed by atoms with E-state index in [4.69, 9.17) is 15.0 Å². The van der Waals surface area contributed by atoms with E-state index in [0.717, 1.165) is 15.6 Å². The summed E-state index contributed by atoms with van der Waals surface area (Å²) >= 11 is 3.41. The van der Waals surface area contributed by atoms with Crippen molar-refractivity contribution >= 4 is 28.1 Å². The molecule has 1 heterocycles. The molecular formula is C17H17BrN4O2. The van der Waals surface area contributed by atoms with Crippen molar-refractivity contribution in [2.75, 3.05) is 26.4 Å². The van der Waals surface area contributed by atoms with Crippen LogP contribution in [0.2, 0.25) is 0 Å². The third-order valence-electron chi connectivity index (χ3n) is 2.97. The van der Waals surface area contributed by atoms with Gasteiger partial charge in [0.1, 0.15) is 6.61 Å². The third-order valence-corrected chi connectivity index (χ3v) is 3.50. The summed E-state index contributed by atoms with van der Waals surface area (Å²) in [6.07, 6.45) is 5.79. The molecular weight excluding hydrogens is 372 g/mol. The molecule has 1 aromatic heterocycles. The van der Waals surface area contributed by atoms with Gasteiger partial charge in [0.15, 0.2) is 0 Å². The predicted octanol–water partition coefficient (Wildman–Crippen LogP) is 4.72. The van der Waals surface area contributed by atoms with E-state index in [0.29, 0.717) is 32.2 Å². The van der Waals surface area contributed by atoms with Crippen LogP contribution in [0.15, 0.2) is 52.2 Å². The molecule has 0 atom stereocenters. The molecule has 0 amide bonds. The fourth-order valence-electron chi connectivity index (χ4n) is 1.80. The molecule has 0 unspecified atom stereocenters. The third kappa shape index (κ3) is 6.83. The lowest BCUT2D eigenvalue weighted by Crippen LogP contribution is -2.09. The van der Waals surface area contributed by atoms with Crippen LogP contribution in [-0.4, -0.2) is 31.3 Å². The molecule has 1 aromatic carbocycles. The molecule has 6 nitrogen and oxygen atoms in total. The van der Waals surface area contributed by atoms with E-state index in [1.54, 1.807) is 6.20 Å². The number of ether oxygens (including phenoxy) is 2. The lowest BCUT2D eigenvalue weighted by atomic mass is 10.2. The van der Waals surface area contributed by atoms with Gasteiger partial charge in [-0.2, -0.15) is 0 Å². The largest absolute Gasteiger partial charge is 0.475 e. The van der Waals surface area contributed by atoms with E-state index in [1.807, 2.05) is 48.6 Å². The highest BCUT2D eigenvalue weighted by Crippen LogP contribution is 2.14. The van der Waals surface area contributed by atoms with Crippen LogP contribution < -0.4 is 4.74 Å². The summed E-state index contributed by atoms with van der Waals surface area (Å²) in [5, 5.41) is 3.37. The number of hydrogen-bond donors (Lipinski definition) is 0. The smallest absolute Gasteiger partial charge is 0.213 e. The van der Waals surface area contributed by atoms with Crippen LogP contribution in [0.1, 0.15) is 11.1 Å². The zero-order valence-corrected chi connectivity index (χ0v) is 14.6. The van der Waals surface area contributed by atoms with Gasteiger partial charge in [0.05, 0.1) is 13.2 Å². The number of nitrogens with zero attached hydrogens (tertiary/aromatic N) is 4. The van der Waals surface area contributed by atoms with E-state index >= 15 is 0 Å². The number of benzene rings is 1. The van der Waals surface area contributed by atoms with E-state index in [-0.39, 0.29) is 0 Å². The van der Waals surface area contributed by atoms with Crippen molar-refractivity contribution in [1.82, 2.24) is 4.98 Å². The van der Waals surface area contributed by atoms with E-state index in [9.17, 15) is 0 Å². The molecule has 0 N–H and O–H groups in total. The number of halogens is 1. The van der Waals surface area contributed by atoms with Gasteiger partial charge in [0, 0.05) is 28.2 Å². The summed E-state index contributed by atoms with van der Waals surface area (Å²) in [4.78, 5) is 6.89. The molecule has 0 aliphatic heterocycles. The Morgan fingerprint density at radius 3 is 2.50 bits per heavy atom. The first-order valence-electron chi connectivity index (χ1n) is 7.39. The van der Waals surface area contributed by atoms with Gasteiger partial charge in [-0.15, -0.1) is 0 Å². The maximum atomic E-state index is 8.12. The summed E-state index contributed by atoms with van der Waals surface area (Å²) in [6, 6.07) is 11.8. The van der Waals surface area contributed by atoms with E-state index in [2.05, 4.69) is 30.9 Å². The van der Waals surface area contributed by atoms with Crippen LogP contribution in [0.4, 0.5) is 0 Å². The Kier molecular flexibility index (Phi) is 7.83. The lowest BCUT2D eigenvalue weighted by molar-refractivity contribution is 0.104. The molecule has 0 aliphatic carbocycles. The Bertz CT molecular complexity index is 696. The molecule has 0 aliphatic rings. The molecule has 0 radical (unpaired) electrons. The minimum atomic E-state index is 0.328. The van der Waals surface area contributed by atoms with E-state index < -0.39 is 0 Å². The fourth-order valence-corrected chi connectivity index (χ4v) is 2.06. The van der Waals surface area contributed by atoms with Crippen LogP contribution in [0.5, 0.6) is 5.88 Å². The normalized spacial score (nSPS) is 10.5. The highest BCUT2D eigenvalue weighted by molar-refractivity contribution is 9.10. The second-order valence-corrected chi connectivity index (χ2v) is 5.65. The van der Waals surface area contributed by atoms with Crippen molar-refractivity contribution in [3.05, 3.63) is 68.6 Å². The molecule has 2 aromatic rings. The monoisotopic (exact) mass is 388 g/mol. The highest BCUT2D eigenvalue weighted by atomic mass is 79.9. The first-order chi connectivity index (χ1) is 11.8. The summed E-state index contributed by atoms with van der Waals surface area (Å²) < 4.78 is 11.8. The van der Waals surface area contributed by atoms with Crippen LogP contribution in [0.25, 0.3) is 22.6 Å². The average Bonchev–Trinajstić information content (AvgIpc) is 2.61. The second-order valence-electron chi connectivity index (χ2n) is 4.73. The minimum Gasteiger partial charge on any atom is -0.475 e. The zero-order valence-electron chi connectivity index (χ0n) is 13.0. The van der Waals surface area contributed by atoms with Crippen LogP contribution in [-0.2, 0) is 4.74 Å². The van der Waals surface area contributed by atoms with Gasteiger partial charge >= 0.3 is 0 Å². The zero-order chi connectivity index (χ0) is 17.0. The first kappa shape index (κ1) is 18.0. The summed E-state index contributed by atoms with van der Waals surface area (Å²) in [5.41, 5.74) is 10.2. The van der Waals surface area contributed by atoms with Gasteiger partial charge in [-0.3, -0.25) is 0 Å². The van der Waals surface area contributed by atoms with Crippen molar-refractivity contribution < 1.29 is 9.47 Å². The Hall–Kier alpha value is -2.34. The molecule has 0 saturated heterocycles. The summed E-state index contributed by atoms with van der Waals surface area (Å²) in [5.74, 6) is 0.550. The van der Waals surface area contributed by atoms with Crippen molar-refractivity contribution in [3.8, 4) is 5.88 Å². The topological polar surface area (TPSA) is 80.1 Å². The molecule has 0 saturated carbocycles. The van der Waals surface area contributed by atoms with Crippen molar-refractivity contribution in [2.24, 2.45) is 5.11 Å². The first-order valence-corrected chi connectivity index (χ1v) is 8.18.